The highest BCUT2D eigenvalue weighted by molar-refractivity contribution is 6.72. The van der Waals surface area contributed by atoms with Gasteiger partial charge in [-0.25, -0.2) is 0 Å². The van der Waals surface area contributed by atoms with Crippen LogP contribution in [0.1, 0.15) is 37.3 Å². The molecule has 4 amide bonds. The second kappa shape index (κ2) is 13.5. The predicted octanol–water partition coefficient (Wildman–Crippen LogP) is 2.25. The molecule has 2 aromatic rings. The molecule has 12 nitrogen and oxygen atoms in total. The number of anilines is 3. The number of ether oxygens (including phenoxy) is 1. The molecule has 4 fully saturated rings. The Bertz CT molecular complexity index is 1690. The number of likely N-dealkylation sites (tertiary alicyclic amines) is 1. The van der Waals surface area contributed by atoms with E-state index in [0.29, 0.717) is 56.1 Å². The van der Waals surface area contributed by atoms with Crippen LogP contribution in [0.3, 0.4) is 0 Å². The van der Waals surface area contributed by atoms with E-state index in [1.807, 2.05) is 49.4 Å². The summed E-state index contributed by atoms with van der Waals surface area (Å²) in [6.07, 6.45) is 0.549. The first-order valence-corrected chi connectivity index (χ1v) is 20.7. The summed E-state index contributed by atoms with van der Waals surface area (Å²) in [5, 5.41) is 16.1. The zero-order chi connectivity index (χ0) is 35.4. The minimum atomic E-state index is -3.54. The number of piperazine rings is 2. The van der Waals surface area contributed by atoms with Gasteiger partial charge in [-0.3, -0.25) is 19.2 Å². The van der Waals surface area contributed by atoms with E-state index >= 15 is 8.90 Å². The van der Waals surface area contributed by atoms with Crippen LogP contribution in [0, 0.1) is 5.92 Å². The fourth-order valence-corrected chi connectivity index (χ4v) is 11.5. The van der Waals surface area contributed by atoms with E-state index in [0.717, 1.165) is 17.7 Å². The standard InChI is InChI=1S/C36H47FN6O6Si/c1-23-34(50(2,3)37)30(18-31(45)40-13-5-8-27(40)22-44)49-36(23)28-17-26(42-15-12-39-20-33(42)47)9-10-29(28)43(35(36)48)21-24-6-4-7-25(16-24)41-14-11-38-19-32(41)46/h4,6-7,9-10,16-17,23,27,30,34,38-39,44H,5,8,11-15,18-22H2,1-3H3/t23-,27-,30+,34-,36+/m0/s1. The molecule has 5 aliphatic rings. The van der Waals surface area contributed by atoms with E-state index in [1.165, 1.54) is 0 Å². The number of aliphatic hydroxyl groups excluding tert-OH is 1. The summed E-state index contributed by atoms with van der Waals surface area (Å²) in [5.41, 5.74) is 1.12. The number of nitrogens with zero attached hydrogens (tertiary/aromatic N) is 4. The molecule has 268 valence electrons. The summed E-state index contributed by atoms with van der Waals surface area (Å²) >= 11 is 0. The van der Waals surface area contributed by atoms with E-state index in [1.54, 1.807) is 32.7 Å². The van der Waals surface area contributed by atoms with Crippen LogP contribution >= 0.6 is 0 Å². The number of hydrogen-bond donors (Lipinski definition) is 3. The molecular weight excluding hydrogens is 660 g/mol. The zero-order valence-electron chi connectivity index (χ0n) is 29.0. The average molecular weight is 707 g/mol. The molecule has 0 unspecified atom stereocenters. The summed E-state index contributed by atoms with van der Waals surface area (Å²) in [4.78, 5) is 61.2. The van der Waals surface area contributed by atoms with Gasteiger partial charge in [-0.2, -0.15) is 0 Å². The van der Waals surface area contributed by atoms with Crippen LogP contribution in [-0.2, 0) is 36.1 Å². The quantitative estimate of drug-likeness (QED) is 0.281. The van der Waals surface area contributed by atoms with E-state index < -0.39 is 31.6 Å². The monoisotopic (exact) mass is 706 g/mol. The van der Waals surface area contributed by atoms with Crippen LogP contribution in [0.2, 0.25) is 18.6 Å². The Morgan fingerprint density at radius 3 is 2.32 bits per heavy atom. The van der Waals surface area contributed by atoms with Gasteiger partial charge < -0.3 is 44.2 Å². The predicted molar refractivity (Wildman–Crippen MR) is 189 cm³/mol. The lowest BCUT2D eigenvalue weighted by Gasteiger charge is -2.32. The number of carbonyl (C=O) groups is 4. The van der Waals surface area contributed by atoms with Crippen LogP contribution in [0.25, 0.3) is 0 Å². The van der Waals surface area contributed by atoms with Gasteiger partial charge in [-0.15, -0.1) is 0 Å². The zero-order valence-corrected chi connectivity index (χ0v) is 30.0. The molecule has 0 aliphatic carbocycles. The Morgan fingerprint density at radius 2 is 1.68 bits per heavy atom. The summed E-state index contributed by atoms with van der Waals surface area (Å²) in [7, 11) is -3.54. The van der Waals surface area contributed by atoms with Crippen molar-refractivity contribution in [2.45, 2.75) is 69.1 Å². The van der Waals surface area contributed by atoms with Gasteiger partial charge in [0.1, 0.15) is 0 Å². The SMILES string of the molecule is C[C@H]1[C@H]([Si](C)(C)F)[C@@H](CC(=O)N2CCC[C@H]2CO)O[C@]12C(=O)N(Cc1cccc(N3CCNCC3=O)c1)c1ccc(N3CCNCC3=O)cc12. The first kappa shape index (κ1) is 34.7. The van der Waals surface area contributed by atoms with E-state index in [4.69, 9.17) is 4.74 Å². The minimum absolute atomic E-state index is 0.0259. The normalized spacial score (nSPS) is 28.7. The number of benzene rings is 2. The molecule has 7 rings (SSSR count). The lowest BCUT2D eigenvalue weighted by atomic mass is 9.82. The van der Waals surface area contributed by atoms with Gasteiger partial charge in [0.25, 0.3) is 5.91 Å². The van der Waals surface area contributed by atoms with Gasteiger partial charge in [-0.05, 0) is 61.8 Å². The Labute approximate surface area is 293 Å². The Balaban J connectivity index is 1.28. The van der Waals surface area contributed by atoms with Crippen molar-refractivity contribution >= 4 is 49.1 Å². The van der Waals surface area contributed by atoms with Crippen molar-refractivity contribution in [2.75, 3.05) is 67.1 Å². The van der Waals surface area contributed by atoms with Crippen molar-refractivity contribution in [1.82, 2.24) is 15.5 Å². The molecule has 0 radical (unpaired) electrons. The highest BCUT2D eigenvalue weighted by atomic mass is 28.4. The lowest BCUT2D eigenvalue weighted by molar-refractivity contribution is -0.150. The highest BCUT2D eigenvalue weighted by Crippen LogP contribution is 2.61. The number of carbonyl (C=O) groups excluding carboxylic acids is 4. The number of fused-ring (bicyclic) bond motifs is 2. The second-order valence-corrected chi connectivity index (χ2v) is 18.5. The first-order valence-electron chi connectivity index (χ1n) is 17.8. The van der Waals surface area contributed by atoms with Crippen molar-refractivity contribution in [3.63, 3.8) is 0 Å². The molecular formula is C36H47FN6O6Si. The number of aliphatic hydroxyl groups is 1. The molecule has 0 bridgehead atoms. The minimum Gasteiger partial charge on any atom is -0.394 e. The van der Waals surface area contributed by atoms with Crippen molar-refractivity contribution in [3.05, 3.63) is 53.6 Å². The van der Waals surface area contributed by atoms with E-state index in [2.05, 4.69) is 10.6 Å². The third-order valence-electron chi connectivity index (χ3n) is 11.3. The van der Waals surface area contributed by atoms with E-state index in [9.17, 15) is 19.5 Å². The molecule has 0 aromatic heterocycles. The molecule has 3 N–H and O–H groups in total. The first-order chi connectivity index (χ1) is 23.9. The smallest absolute Gasteiger partial charge is 0.264 e. The Morgan fingerprint density at radius 1 is 1.00 bits per heavy atom. The second-order valence-electron chi connectivity index (χ2n) is 14.7. The summed E-state index contributed by atoms with van der Waals surface area (Å²) in [5.74, 6) is -1.27. The molecule has 50 heavy (non-hydrogen) atoms. The Kier molecular flexibility index (Phi) is 9.35. The van der Waals surface area contributed by atoms with Crippen LogP contribution in [0.15, 0.2) is 42.5 Å². The fourth-order valence-electron chi connectivity index (χ4n) is 8.97. The maximum absolute atomic E-state index is 16.5. The summed E-state index contributed by atoms with van der Waals surface area (Å²) in [6.45, 7) is 8.41. The third kappa shape index (κ3) is 5.94. The lowest BCUT2D eigenvalue weighted by Crippen LogP contribution is -2.48. The third-order valence-corrected chi connectivity index (χ3v) is 13.7. The molecule has 14 heteroatoms. The molecule has 4 saturated heterocycles. The maximum atomic E-state index is 16.5. The molecule has 1 spiro atoms. The Hall–Kier alpha value is -3.69. The summed E-state index contributed by atoms with van der Waals surface area (Å²) in [6, 6.07) is 12.8. The van der Waals surface area contributed by atoms with Crippen LogP contribution < -0.4 is 25.3 Å². The highest BCUT2D eigenvalue weighted by Gasteiger charge is 2.67. The fraction of sp³-hybridized carbons (Fsp3) is 0.556. The molecule has 5 heterocycles. The molecule has 0 saturated carbocycles. The molecule has 2 aromatic carbocycles. The van der Waals surface area contributed by atoms with Gasteiger partial charge in [0.05, 0.1) is 50.5 Å². The maximum Gasteiger partial charge on any atom is 0.264 e. The number of nitrogens with one attached hydrogen (secondary N) is 2. The largest absolute Gasteiger partial charge is 0.394 e. The number of rotatable bonds is 8. The van der Waals surface area contributed by atoms with Crippen LogP contribution in [0.4, 0.5) is 21.2 Å². The van der Waals surface area contributed by atoms with Crippen molar-refractivity contribution in [3.8, 4) is 0 Å². The number of hydrogen-bond acceptors (Lipinski definition) is 8. The topological polar surface area (TPSA) is 135 Å². The van der Waals surface area contributed by atoms with E-state index in [-0.39, 0.29) is 62.3 Å². The number of halogens is 1. The van der Waals surface area contributed by atoms with Gasteiger partial charge in [0.15, 0.2) is 5.60 Å². The molecule has 5 aliphatic heterocycles. The van der Waals surface area contributed by atoms with Crippen LogP contribution in [-0.4, -0.2) is 107 Å². The van der Waals surface area contributed by atoms with Gasteiger partial charge in [0, 0.05) is 61.1 Å². The molecule has 5 atom stereocenters. The van der Waals surface area contributed by atoms with Crippen LogP contribution in [0.5, 0.6) is 0 Å². The van der Waals surface area contributed by atoms with Crippen molar-refractivity contribution in [1.29, 1.82) is 0 Å². The van der Waals surface area contributed by atoms with Gasteiger partial charge in [0.2, 0.25) is 26.1 Å². The summed E-state index contributed by atoms with van der Waals surface area (Å²) < 4.78 is 23.4. The number of amides is 4. The van der Waals surface area contributed by atoms with Crippen molar-refractivity contribution in [2.24, 2.45) is 5.92 Å². The average Bonchev–Trinajstić information content (AvgIpc) is 3.75. The van der Waals surface area contributed by atoms with Gasteiger partial charge >= 0.3 is 0 Å². The van der Waals surface area contributed by atoms with Crippen molar-refractivity contribution < 1.29 is 33.1 Å². The van der Waals surface area contributed by atoms with Gasteiger partial charge in [-0.1, -0.05) is 19.1 Å².